The van der Waals surface area contributed by atoms with Gasteiger partial charge in [0.1, 0.15) is 6.04 Å². The number of benzene rings is 1. The van der Waals surface area contributed by atoms with Crippen LogP contribution >= 0.6 is 0 Å². The second-order valence-electron chi connectivity index (χ2n) is 4.61. The van der Waals surface area contributed by atoms with Gasteiger partial charge in [0.25, 0.3) is 0 Å². The SMILES string of the molecule is CCCc1ccc(CC(=O)N[C@H]2CNC2=O)cc1. The predicted molar refractivity (Wildman–Crippen MR) is 69.1 cm³/mol. The molecule has 1 atom stereocenters. The molecule has 0 aromatic heterocycles. The second kappa shape index (κ2) is 5.67. The zero-order chi connectivity index (χ0) is 13.0. The van der Waals surface area contributed by atoms with Crippen LogP contribution in [0, 0.1) is 0 Å². The third kappa shape index (κ3) is 3.09. The summed E-state index contributed by atoms with van der Waals surface area (Å²) in [5, 5.41) is 5.30. The first kappa shape index (κ1) is 12.6. The van der Waals surface area contributed by atoms with Gasteiger partial charge >= 0.3 is 0 Å². The first-order chi connectivity index (χ1) is 8.69. The van der Waals surface area contributed by atoms with E-state index in [2.05, 4.69) is 29.7 Å². The minimum absolute atomic E-state index is 0.0957. The minimum Gasteiger partial charge on any atom is -0.352 e. The maximum Gasteiger partial charge on any atom is 0.244 e. The van der Waals surface area contributed by atoms with Crippen molar-refractivity contribution in [1.29, 1.82) is 0 Å². The van der Waals surface area contributed by atoms with Crippen molar-refractivity contribution in [3.05, 3.63) is 35.4 Å². The molecule has 0 unspecified atom stereocenters. The highest BCUT2D eigenvalue weighted by atomic mass is 16.2. The zero-order valence-electron chi connectivity index (χ0n) is 10.5. The molecule has 0 radical (unpaired) electrons. The van der Waals surface area contributed by atoms with Crippen molar-refractivity contribution in [2.45, 2.75) is 32.2 Å². The lowest BCUT2D eigenvalue weighted by molar-refractivity contribution is -0.133. The van der Waals surface area contributed by atoms with E-state index in [-0.39, 0.29) is 17.9 Å². The quantitative estimate of drug-likeness (QED) is 0.755. The van der Waals surface area contributed by atoms with Gasteiger partial charge in [-0.05, 0) is 17.5 Å². The Hall–Kier alpha value is -1.84. The minimum atomic E-state index is -0.336. The predicted octanol–water partition coefficient (Wildman–Crippen LogP) is 0.796. The molecule has 1 heterocycles. The van der Waals surface area contributed by atoms with E-state index in [1.807, 2.05) is 12.1 Å². The van der Waals surface area contributed by atoms with Crippen LogP contribution in [0.1, 0.15) is 24.5 Å². The molecule has 0 spiro atoms. The Balaban J connectivity index is 1.84. The highest BCUT2D eigenvalue weighted by Crippen LogP contribution is 2.07. The molecule has 96 valence electrons. The van der Waals surface area contributed by atoms with Gasteiger partial charge in [-0.15, -0.1) is 0 Å². The Labute approximate surface area is 107 Å². The standard InChI is InChI=1S/C14H18N2O2/c1-2-3-10-4-6-11(7-5-10)8-13(17)16-12-9-15-14(12)18/h4-7,12H,2-3,8-9H2,1H3,(H,15,18)(H,16,17)/t12-/m0/s1. The van der Waals surface area contributed by atoms with Crippen molar-refractivity contribution in [2.75, 3.05) is 6.54 Å². The molecule has 1 saturated heterocycles. The van der Waals surface area contributed by atoms with Crippen molar-refractivity contribution in [3.8, 4) is 0 Å². The van der Waals surface area contributed by atoms with Gasteiger partial charge in [0.2, 0.25) is 11.8 Å². The Morgan fingerprint density at radius 1 is 1.33 bits per heavy atom. The van der Waals surface area contributed by atoms with E-state index < -0.39 is 0 Å². The van der Waals surface area contributed by atoms with Crippen molar-refractivity contribution in [2.24, 2.45) is 0 Å². The third-order valence-electron chi connectivity index (χ3n) is 3.06. The molecule has 1 aliphatic rings. The number of aryl methyl sites for hydroxylation is 1. The van der Waals surface area contributed by atoms with E-state index in [0.29, 0.717) is 13.0 Å². The lowest BCUT2D eigenvalue weighted by Gasteiger charge is -2.26. The Morgan fingerprint density at radius 2 is 2.00 bits per heavy atom. The number of rotatable bonds is 5. The fourth-order valence-electron chi connectivity index (χ4n) is 1.95. The van der Waals surface area contributed by atoms with Crippen LogP contribution in [0.15, 0.2) is 24.3 Å². The van der Waals surface area contributed by atoms with E-state index in [1.165, 1.54) is 5.56 Å². The molecule has 1 fully saturated rings. The molecule has 2 rings (SSSR count). The molecule has 1 aromatic carbocycles. The first-order valence-corrected chi connectivity index (χ1v) is 6.34. The van der Waals surface area contributed by atoms with Crippen LogP contribution in [-0.2, 0) is 22.4 Å². The average molecular weight is 246 g/mol. The number of amides is 2. The smallest absolute Gasteiger partial charge is 0.244 e. The molecule has 4 heteroatoms. The van der Waals surface area contributed by atoms with Gasteiger partial charge in [-0.1, -0.05) is 37.6 Å². The second-order valence-corrected chi connectivity index (χ2v) is 4.61. The summed E-state index contributed by atoms with van der Waals surface area (Å²) in [5.41, 5.74) is 2.27. The topological polar surface area (TPSA) is 58.2 Å². The van der Waals surface area contributed by atoms with Crippen LogP contribution in [0.5, 0.6) is 0 Å². The molecule has 0 saturated carbocycles. The Kier molecular flexibility index (Phi) is 3.97. The molecular formula is C14H18N2O2. The Bertz CT molecular complexity index is 440. The number of carbonyl (C=O) groups excluding carboxylic acids is 2. The average Bonchev–Trinajstić information content (AvgIpc) is 2.37. The lowest BCUT2D eigenvalue weighted by atomic mass is 10.1. The largest absolute Gasteiger partial charge is 0.352 e. The number of carbonyl (C=O) groups is 2. The summed E-state index contributed by atoms with van der Waals surface area (Å²) < 4.78 is 0. The summed E-state index contributed by atoms with van der Waals surface area (Å²) in [5.74, 6) is -0.195. The molecule has 0 aliphatic carbocycles. The summed E-state index contributed by atoms with van der Waals surface area (Å²) in [4.78, 5) is 22.7. The van der Waals surface area contributed by atoms with E-state index >= 15 is 0 Å². The van der Waals surface area contributed by atoms with Crippen molar-refractivity contribution >= 4 is 11.8 Å². The fraction of sp³-hybridized carbons (Fsp3) is 0.429. The van der Waals surface area contributed by atoms with Gasteiger partial charge in [-0.3, -0.25) is 9.59 Å². The van der Waals surface area contributed by atoms with E-state index in [4.69, 9.17) is 0 Å². The highest BCUT2D eigenvalue weighted by Gasteiger charge is 2.28. The van der Waals surface area contributed by atoms with Crippen LogP contribution < -0.4 is 10.6 Å². The van der Waals surface area contributed by atoms with Gasteiger partial charge in [-0.25, -0.2) is 0 Å². The molecule has 2 amide bonds. The van der Waals surface area contributed by atoms with Crippen molar-refractivity contribution in [3.63, 3.8) is 0 Å². The molecule has 4 nitrogen and oxygen atoms in total. The summed E-state index contributed by atoms with van der Waals surface area (Å²) in [6.07, 6.45) is 2.52. The summed E-state index contributed by atoms with van der Waals surface area (Å²) in [6.45, 7) is 2.69. The van der Waals surface area contributed by atoms with Gasteiger partial charge < -0.3 is 10.6 Å². The molecule has 0 bridgehead atoms. The summed E-state index contributed by atoms with van der Waals surface area (Å²) >= 11 is 0. The van der Waals surface area contributed by atoms with Crippen LogP contribution in [0.3, 0.4) is 0 Å². The van der Waals surface area contributed by atoms with Crippen LogP contribution in [0.25, 0.3) is 0 Å². The number of hydrogen-bond donors (Lipinski definition) is 2. The zero-order valence-corrected chi connectivity index (χ0v) is 10.5. The van der Waals surface area contributed by atoms with E-state index in [0.717, 1.165) is 18.4 Å². The molecule has 1 aliphatic heterocycles. The first-order valence-electron chi connectivity index (χ1n) is 6.34. The molecular weight excluding hydrogens is 228 g/mol. The number of hydrogen-bond acceptors (Lipinski definition) is 2. The van der Waals surface area contributed by atoms with E-state index in [1.54, 1.807) is 0 Å². The van der Waals surface area contributed by atoms with Gasteiger partial charge in [0.05, 0.1) is 6.42 Å². The van der Waals surface area contributed by atoms with Crippen LogP contribution in [-0.4, -0.2) is 24.4 Å². The normalized spacial score (nSPS) is 17.8. The van der Waals surface area contributed by atoms with Crippen LogP contribution in [0.2, 0.25) is 0 Å². The van der Waals surface area contributed by atoms with Gasteiger partial charge in [0, 0.05) is 6.54 Å². The third-order valence-corrected chi connectivity index (χ3v) is 3.06. The van der Waals surface area contributed by atoms with Crippen molar-refractivity contribution < 1.29 is 9.59 Å². The summed E-state index contributed by atoms with van der Waals surface area (Å²) in [7, 11) is 0. The number of nitrogens with one attached hydrogen (secondary N) is 2. The monoisotopic (exact) mass is 246 g/mol. The van der Waals surface area contributed by atoms with Crippen molar-refractivity contribution in [1.82, 2.24) is 10.6 Å². The van der Waals surface area contributed by atoms with Gasteiger partial charge in [-0.2, -0.15) is 0 Å². The van der Waals surface area contributed by atoms with E-state index in [9.17, 15) is 9.59 Å². The summed E-state index contributed by atoms with van der Waals surface area (Å²) in [6, 6.07) is 7.73. The maximum atomic E-state index is 11.7. The molecule has 18 heavy (non-hydrogen) atoms. The molecule has 2 N–H and O–H groups in total. The fourth-order valence-corrected chi connectivity index (χ4v) is 1.95. The maximum absolute atomic E-state index is 11.7. The number of β-lactam (4-membered cyclic amide) rings is 1. The van der Waals surface area contributed by atoms with Crippen LogP contribution in [0.4, 0.5) is 0 Å². The lowest BCUT2D eigenvalue weighted by Crippen LogP contribution is -2.61. The Morgan fingerprint density at radius 3 is 2.50 bits per heavy atom. The highest BCUT2D eigenvalue weighted by molar-refractivity contribution is 5.92. The van der Waals surface area contributed by atoms with Gasteiger partial charge in [0.15, 0.2) is 0 Å². The molecule has 1 aromatic rings.